The Labute approximate surface area is 253 Å². The summed E-state index contributed by atoms with van der Waals surface area (Å²) in [5, 5.41) is 6.49. The first-order valence-electron chi connectivity index (χ1n) is 12.8. The van der Waals surface area contributed by atoms with Gasteiger partial charge >= 0.3 is 0 Å². The van der Waals surface area contributed by atoms with Gasteiger partial charge in [-0.25, -0.2) is 4.98 Å². The summed E-state index contributed by atoms with van der Waals surface area (Å²) in [5.74, 6) is 1.99. The molecule has 0 saturated carbocycles. The van der Waals surface area contributed by atoms with E-state index >= 15 is 0 Å². The highest BCUT2D eigenvalue weighted by Gasteiger charge is 2.18. The van der Waals surface area contributed by atoms with Crippen molar-refractivity contribution in [2.45, 2.75) is 6.61 Å². The van der Waals surface area contributed by atoms with Gasteiger partial charge in [0.05, 0.1) is 31.3 Å². The summed E-state index contributed by atoms with van der Waals surface area (Å²) in [6, 6.07) is 25.5. The van der Waals surface area contributed by atoms with E-state index in [0.29, 0.717) is 50.1 Å². The molecule has 0 unspecified atom stereocenters. The van der Waals surface area contributed by atoms with Crippen LogP contribution in [0.25, 0.3) is 33.5 Å². The molecule has 42 heavy (non-hydrogen) atoms. The van der Waals surface area contributed by atoms with E-state index in [1.165, 1.54) is 10.9 Å². The molecule has 0 aliphatic heterocycles. The van der Waals surface area contributed by atoms with Gasteiger partial charge in [0.25, 0.3) is 5.56 Å². The third-order valence-corrected chi connectivity index (χ3v) is 7.30. The number of hydrogen-bond donors (Lipinski definition) is 0. The summed E-state index contributed by atoms with van der Waals surface area (Å²) >= 11 is 9.49. The predicted molar refractivity (Wildman–Crippen MR) is 167 cm³/mol. The number of methoxy groups -OCH3 is 2. The molecule has 210 valence electrons. The van der Waals surface area contributed by atoms with Gasteiger partial charge in [-0.15, -0.1) is 0 Å². The third-order valence-electron chi connectivity index (χ3n) is 6.55. The lowest BCUT2D eigenvalue weighted by atomic mass is 10.2. The standard InChI is InChI=1S/C32H23BrClN3O5/c1-39-27-13-20(14-28(40-2)30(27)41-18-19-7-10-23(34)11-8-19)17-35-37-31(36-25-6-4-3-5-24(25)32(37)38)29-16-21-15-22(33)9-12-26(21)42-29/h3-17H,18H2,1-2H3. The second-order valence-electron chi connectivity index (χ2n) is 9.28. The first kappa shape index (κ1) is 27.6. The van der Waals surface area contributed by atoms with Crippen LogP contribution in [0, 0.1) is 0 Å². The molecule has 0 aliphatic rings. The van der Waals surface area contributed by atoms with Crippen molar-refractivity contribution in [3.63, 3.8) is 0 Å². The molecule has 0 atom stereocenters. The van der Waals surface area contributed by atoms with E-state index in [1.807, 2.05) is 42.5 Å². The van der Waals surface area contributed by atoms with Crippen molar-refractivity contribution in [1.82, 2.24) is 9.66 Å². The molecule has 6 aromatic rings. The fraction of sp³-hybridized carbons (Fsp3) is 0.0938. The van der Waals surface area contributed by atoms with Crippen LogP contribution in [0.1, 0.15) is 11.1 Å². The number of furan rings is 1. The first-order valence-corrected chi connectivity index (χ1v) is 14.0. The van der Waals surface area contributed by atoms with Crippen molar-refractivity contribution in [3.8, 4) is 28.8 Å². The summed E-state index contributed by atoms with van der Waals surface area (Å²) in [7, 11) is 3.08. The Morgan fingerprint density at radius 3 is 2.45 bits per heavy atom. The molecular formula is C32H23BrClN3O5. The van der Waals surface area contributed by atoms with Gasteiger partial charge in [0.15, 0.2) is 17.3 Å². The number of fused-ring (bicyclic) bond motifs is 2. The quantitative estimate of drug-likeness (QED) is 0.158. The highest BCUT2D eigenvalue weighted by molar-refractivity contribution is 9.10. The van der Waals surface area contributed by atoms with E-state index in [4.69, 9.17) is 35.2 Å². The van der Waals surface area contributed by atoms with Crippen LogP contribution in [0.5, 0.6) is 17.2 Å². The van der Waals surface area contributed by atoms with Crippen molar-refractivity contribution in [2.75, 3.05) is 14.2 Å². The van der Waals surface area contributed by atoms with Gasteiger partial charge in [0.1, 0.15) is 12.2 Å². The molecule has 4 aromatic carbocycles. The number of ether oxygens (including phenoxy) is 3. The molecule has 6 rings (SSSR count). The third kappa shape index (κ3) is 5.48. The number of para-hydroxylation sites is 1. The van der Waals surface area contributed by atoms with Crippen LogP contribution in [-0.2, 0) is 6.61 Å². The molecule has 0 aliphatic carbocycles. The molecule has 0 fully saturated rings. The zero-order valence-corrected chi connectivity index (χ0v) is 24.8. The van der Waals surface area contributed by atoms with Crippen LogP contribution < -0.4 is 19.8 Å². The van der Waals surface area contributed by atoms with Crippen molar-refractivity contribution in [2.24, 2.45) is 5.10 Å². The summed E-state index contributed by atoms with van der Waals surface area (Å²) in [5.41, 5.74) is 2.41. The maximum atomic E-state index is 13.6. The number of aromatic nitrogens is 2. The molecule has 2 heterocycles. The van der Waals surface area contributed by atoms with E-state index < -0.39 is 0 Å². The predicted octanol–water partition coefficient (Wildman–Crippen LogP) is 7.70. The highest BCUT2D eigenvalue weighted by Crippen LogP contribution is 2.39. The van der Waals surface area contributed by atoms with Gasteiger partial charge in [-0.2, -0.15) is 9.78 Å². The van der Waals surface area contributed by atoms with Crippen LogP contribution in [0.3, 0.4) is 0 Å². The van der Waals surface area contributed by atoms with Crippen molar-refractivity contribution in [1.29, 1.82) is 0 Å². The van der Waals surface area contributed by atoms with Gasteiger partial charge in [-0.05, 0) is 66.2 Å². The fourth-order valence-electron chi connectivity index (χ4n) is 4.49. The number of hydrogen-bond acceptors (Lipinski definition) is 7. The molecule has 10 heteroatoms. The lowest BCUT2D eigenvalue weighted by molar-refractivity contribution is 0.266. The second-order valence-corrected chi connectivity index (χ2v) is 10.6. The van der Waals surface area contributed by atoms with Crippen molar-refractivity contribution in [3.05, 3.63) is 116 Å². The zero-order chi connectivity index (χ0) is 29.2. The number of benzene rings is 4. The maximum absolute atomic E-state index is 13.6. The Morgan fingerprint density at radius 2 is 1.71 bits per heavy atom. The Bertz CT molecular complexity index is 1990. The van der Waals surface area contributed by atoms with Crippen molar-refractivity contribution < 1.29 is 18.6 Å². The second kappa shape index (κ2) is 11.7. The normalized spacial score (nSPS) is 11.4. The maximum Gasteiger partial charge on any atom is 0.282 e. The van der Waals surface area contributed by atoms with Gasteiger partial charge < -0.3 is 18.6 Å². The molecular weight excluding hydrogens is 622 g/mol. The average molecular weight is 645 g/mol. The van der Waals surface area contributed by atoms with E-state index in [1.54, 1.807) is 56.7 Å². The number of nitrogens with zero attached hydrogens (tertiary/aromatic N) is 3. The lowest BCUT2D eigenvalue weighted by Gasteiger charge is -2.15. The van der Waals surface area contributed by atoms with Gasteiger partial charge in [0.2, 0.25) is 11.6 Å². The van der Waals surface area contributed by atoms with Crippen LogP contribution >= 0.6 is 27.5 Å². The summed E-state index contributed by atoms with van der Waals surface area (Å²) < 4.78 is 25.5. The minimum absolute atomic E-state index is 0.268. The molecule has 2 aromatic heterocycles. The van der Waals surface area contributed by atoms with E-state index in [9.17, 15) is 4.79 Å². The lowest BCUT2D eigenvalue weighted by Crippen LogP contribution is -2.20. The van der Waals surface area contributed by atoms with Crippen molar-refractivity contribution >= 4 is 55.6 Å². The topological polar surface area (TPSA) is 88.1 Å². The highest BCUT2D eigenvalue weighted by atomic mass is 79.9. The van der Waals surface area contributed by atoms with Crippen LogP contribution in [-0.4, -0.2) is 30.1 Å². The summed E-state index contributed by atoms with van der Waals surface area (Å²) in [4.78, 5) is 18.4. The van der Waals surface area contributed by atoms with E-state index in [-0.39, 0.29) is 18.0 Å². The van der Waals surface area contributed by atoms with Crippen LogP contribution in [0.15, 0.2) is 104 Å². The Hall–Kier alpha value is -4.60. The number of halogens is 2. The zero-order valence-electron chi connectivity index (χ0n) is 22.5. The smallest absolute Gasteiger partial charge is 0.282 e. The molecule has 0 N–H and O–H groups in total. The SMILES string of the molecule is COc1cc(C=Nn2c(-c3cc4cc(Br)ccc4o3)nc3ccccc3c2=O)cc(OC)c1OCc1ccc(Cl)cc1. The van der Waals surface area contributed by atoms with Gasteiger partial charge in [0, 0.05) is 20.4 Å². The summed E-state index contributed by atoms with van der Waals surface area (Å²) in [6.07, 6.45) is 1.54. The molecule has 0 amide bonds. The van der Waals surface area contributed by atoms with Crippen LogP contribution in [0.4, 0.5) is 0 Å². The molecule has 0 saturated heterocycles. The van der Waals surface area contributed by atoms with E-state index in [2.05, 4.69) is 21.0 Å². The van der Waals surface area contributed by atoms with Gasteiger partial charge in [-0.3, -0.25) is 4.79 Å². The fourth-order valence-corrected chi connectivity index (χ4v) is 5.00. The Balaban J connectivity index is 1.41. The largest absolute Gasteiger partial charge is 0.493 e. The Morgan fingerprint density at radius 1 is 0.976 bits per heavy atom. The minimum atomic E-state index is -0.338. The molecule has 0 spiro atoms. The first-order chi connectivity index (χ1) is 20.4. The van der Waals surface area contributed by atoms with E-state index in [0.717, 1.165) is 15.4 Å². The number of rotatable bonds is 8. The summed E-state index contributed by atoms with van der Waals surface area (Å²) in [6.45, 7) is 0.285. The monoisotopic (exact) mass is 643 g/mol. The minimum Gasteiger partial charge on any atom is -0.493 e. The van der Waals surface area contributed by atoms with Crippen LogP contribution in [0.2, 0.25) is 5.02 Å². The molecule has 0 bridgehead atoms. The average Bonchev–Trinajstić information content (AvgIpc) is 3.43. The molecule has 8 nitrogen and oxygen atoms in total. The molecule has 0 radical (unpaired) electrons. The Kier molecular flexibility index (Phi) is 7.69. The van der Waals surface area contributed by atoms with Gasteiger partial charge in [-0.1, -0.05) is 51.8 Å².